The molecular weight excluding hydrogens is 558 g/mol. The Labute approximate surface area is 248 Å². The van der Waals surface area contributed by atoms with Gasteiger partial charge in [-0.25, -0.2) is 9.78 Å². The summed E-state index contributed by atoms with van der Waals surface area (Å²) in [7, 11) is 0. The van der Waals surface area contributed by atoms with E-state index in [-0.39, 0.29) is 11.9 Å². The predicted molar refractivity (Wildman–Crippen MR) is 159 cm³/mol. The number of anilines is 1. The Morgan fingerprint density at radius 1 is 1.07 bits per heavy atom. The molecule has 1 aliphatic carbocycles. The van der Waals surface area contributed by atoms with Gasteiger partial charge in [-0.1, -0.05) is 42.5 Å². The summed E-state index contributed by atoms with van der Waals surface area (Å²) in [5, 5.41) is 20.4. The van der Waals surface area contributed by atoms with Crippen LogP contribution in [0, 0.1) is 0 Å². The van der Waals surface area contributed by atoms with E-state index in [2.05, 4.69) is 20.9 Å². The fourth-order valence-corrected chi connectivity index (χ4v) is 4.73. The molecule has 0 radical (unpaired) electrons. The molecule has 2 unspecified atom stereocenters. The number of nitrogens with zero attached hydrogens (tertiary/aromatic N) is 2. The van der Waals surface area contributed by atoms with Gasteiger partial charge in [-0.15, -0.1) is 11.3 Å². The first-order valence-corrected chi connectivity index (χ1v) is 14.5. The second-order valence-corrected chi connectivity index (χ2v) is 11.8. The number of benzene rings is 2. The molecule has 4 amide bonds. The molecule has 12 heteroatoms. The summed E-state index contributed by atoms with van der Waals surface area (Å²) in [6.07, 6.45) is 1.21. The van der Waals surface area contributed by atoms with Crippen LogP contribution < -0.4 is 16.0 Å². The Bertz CT molecular complexity index is 1420. The Balaban J connectivity index is 1.43. The lowest BCUT2D eigenvalue weighted by Crippen LogP contribution is -2.51. The SMILES string of the molecule is CC(C(=O)Nc1nc(-c2ccc(C(=O)NC3CC3)cc2)cs1)N(CO)C(=O)C(NC(=O)OC(C)(C)C)c1ccccc1. The summed E-state index contributed by atoms with van der Waals surface area (Å²) in [4.78, 5) is 56.9. The molecule has 11 nitrogen and oxygen atoms in total. The van der Waals surface area contributed by atoms with E-state index in [1.807, 2.05) is 0 Å². The van der Waals surface area contributed by atoms with Gasteiger partial charge in [0.15, 0.2) is 5.13 Å². The number of aromatic nitrogens is 1. The molecule has 4 N–H and O–H groups in total. The van der Waals surface area contributed by atoms with Gasteiger partial charge in [-0.2, -0.15) is 0 Å². The van der Waals surface area contributed by atoms with E-state index in [0.29, 0.717) is 22.0 Å². The third-order valence-corrected chi connectivity index (χ3v) is 7.17. The zero-order valence-electron chi connectivity index (χ0n) is 23.9. The summed E-state index contributed by atoms with van der Waals surface area (Å²) < 4.78 is 5.33. The van der Waals surface area contributed by atoms with E-state index in [1.54, 1.807) is 80.7 Å². The highest BCUT2D eigenvalue weighted by Crippen LogP contribution is 2.26. The van der Waals surface area contributed by atoms with Crippen LogP contribution in [-0.2, 0) is 14.3 Å². The lowest BCUT2D eigenvalue weighted by Gasteiger charge is -2.31. The number of rotatable bonds is 10. The quantitative estimate of drug-likeness (QED) is 0.259. The lowest BCUT2D eigenvalue weighted by atomic mass is 10.0. The number of carbonyl (C=O) groups is 4. The average molecular weight is 594 g/mol. The average Bonchev–Trinajstić information content (AvgIpc) is 3.65. The van der Waals surface area contributed by atoms with Crippen LogP contribution in [0.2, 0.25) is 0 Å². The highest BCUT2D eigenvalue weighted by molar-refractivity contribution is 7.14. The molecule has 1 saturated carbocycles. The summed E-state index contributed by atoms with van der Waals surface area (Å²) in [6, 6.07) is 13.5. The summed E-state index contributed by atoms with van der Waals surface area (Å²) in [6.45, 7) is 5.80. The number of thiazole rings is 1. The van der Waals surface area contributed by atoms with E-state index in [0.717, 1.165) is 23.3 Å². The van der Waals surface area contributed by atoms with Gasteiger partial charge in [0.05, 0.1) is 5.69 Å². The van der Waals surface area contributed by atoms with Crippen LogP contribution in [0.5, 0.6) is 0 Å². The molecule has 0 aliphatic heterocycles. The van der Waals surface area contributed by atoms with Crippen molar-refractivity contribution in [2.45, 2.75) is 64.3 Å². The Morgan fingerprint density at radius 3 is 2.33 bits per heavy atom. The molecular formula is C30H35N5O6S. The molecule has 0 bridgehead atoms. The number of ether oxygens (including phenoxy) is 1. The number of aliphatic hydroxyl groups excluding tert-OH is 1. The molecule has 1 aromatic heterocycles. The number of alkyl carbamates (subject to hydrolysis) is 1. The molecule has 3 aromatic rings. The molecule has 1 aliphatic rings. The highest BCUT2D eigenvalue weighted by Gasteiger charge is 2.34. The van der Waals surface area contributed by atoms with Crippen LogP contribution in [0.1, 0.15) is 62.5 Å². The van der Waals surface area contributed by atoms with Gasteiger partial charge in [-0.05, 0) is 58.2 Å². The van der Waals surface area contributed by atoms with Gasteiger partial charge in [-0.3, -0.25) is 14.4 Å². The first kappa shape index (κ1) is 30.7. The van der Waals surface area contributed by atoms with Crippen LogP contribution in [0.25, 0.3) is 11.3 Å². The number of nitrogens with one attached hydrogen (secondary N) is 3. The van der Waals surface area contributed by atoms with Crippen LogP contribution in [0.15, 0.2) is 60.0 Å². The van der Waals surface area contributed by atoms with Crippen molar-refractivity contribution in [2.75, 3.05) is 12.0 Å². The summed E-state index contributed by atoms with van der Waals surface area (Å²) >= 11 is 1.20. The largest absolute Gasteiger partial charge is 0.444 e. The van der Waals surface area contributed by atoms with Crippen LogP contribution >= 0.6 is 11.3 Å². The number of hydrogen-bond donors (Lipinski definition) is 4. The van der Waals surface area contributed by atoms with Crippen molar-refractivity contribution in [3.8, 4) is 11.3 Å². The van der Waals surface area contributed by atoms with E-state index < -0.39 is 42.3 Å². The smallest absolute Gasteiger partial charge is 0.408 e. The number of amides is 4. The molecule has 4 rings (SSSR count). The third-order valence-electron chi connectivity index (χ3n) is 6.41. The van der Waals surface area contributed by atoms with Crippen LogP contribution in [0.4, 0.5) is 9.93 Å². The maximum absolute atomic E-state index is 13.6. The minimum absolute atomic E-state index is 0.108. The second-order valence-electron chi connectivity index (χ2n) is 11.0. The maximum atomic E-state index is 13.6. The normalized spacial score (nSPS) is 14.3. The fraction of sp³-hybridized carbons (Fsp3) is 0.367. The zero-order chi connectivity index (χ0) is 30.4. The van der Waals surface area contributed by atoms with Crippen molar-refractivity contribution in [2.24, 2.45) is 0 Å². The third kappa shape index (κ3) is 8.14. The van der Waals surface area contributed by atoms with Gasteiger partial charge >= 0.3 is 6.09 Å². The molecule has 1 heterocycles. The van der Waals surface area contributed by atoms with Crippen molar-refractivity contribution in [3.63, 3.8) is 0 Å². The molecule has 0 spiro atoms. The van der Waals surface area contributed by atoms with Crippen LogP contribution in [0.3, 0.4) is 0 Å². The monoisotopic (exact) mass is 593 g/mol. The molecule has 2 atom stereocenters. The van der Waals surface area contributed by atoms with Gasteiger partial charge in [0.2, 0.25) is 5.91 Å². The fourth-order valence-electron chi connectivity index (χ4n) is 4.01. The Kier molecular flexibility index (Phi) is 9.59. The summed E-state index contributed by atoms with van der Waals surface area (Å²) in [5.74, 6) is -1.37. The minimum atomic E-state index is -1.20. The van der Waals surface area contributed by atoms with Crippen molar-refractivity contribution >= 4 is 40.3 Å². The maximum Gasteiger partial charge on any atom is 0.408 e. The van der Waals surface area contributed by atoms with Crippen molar-refractivity contribution in [1.82, 2.24) is 20.5 Å². The molecule has 1 fully saturated rings. The van der Waals surface area contributed by atoms with E-state index >= 15 is 0 Å². The number of hydrogen-bond acceptors (Lipinski definition) is 8. The highest BCUT2D eigenvalue weighted by atomic mass is 32.1. The van der Waals surface area contributed by atoms with Crippen LogP contribution in [-0.4, -0.2) is 63.2 Å². The van der Waals surface area contributed by atoms with Gasteiger partial charge < -0.3 is 30.7 Å². The van der Waals surface area contributed by atoms with Crippen molar-refractivity contribution in [1.29, 1.82) is 0 Å². The van der Waals surface area contributed by atoms with Gasteiger partial charge in [0.1, 0.15) is 24.4 Å². The van der Waals surface area contributed by atoms with Crippen molar-refractivity contribution < 1.29 is 29.0 Å². The van der Waals surface area contributed by atoms with Gasteiger partial charge in [0.25, 0.3) is 11.8 Å². The molecule has 42 heavy (non-hydrogen) atoms. The van der Waals surface area contributed by atoms with E-state index in [9.17, 15) is 24.3 Å². The predicted octanol–water partition coefficient (Wildman–Crippen LogP) is 4.07. The first-order chi connectivity index (χ1) is 19.9. The first-order valence-electron chi connectivity index (χ1n) is 13.6. The topological polar surface area (TPSA) is 150 Å². The zero-order valence-corrected chi connectivity index (χ0v) is 24.7. The lowest BCUT2D eigenvalue weighted by molar-refractivity contribution is -0.144. The van der Waals surface area contributed by atoms with E-state index in [4.69, 9.17) is 4.74 Å². The summed E-state index contributed by atoms with van der Waals surface area (Å²) in [5.41, 5.74) is 1.61. The Morgan fingerprint density at radius 2 is 1.74 bits per heavy atom. The molecule has 0 saturated heterocycles. The number of aliphatic hydroxyl groups is 1. The second kappa shape index (κ2) is 13.1. The minimum Gasteiger partial charge on any atom is -0.444 e. The molecule has 2 aromatic carbocycles. The molecule has 222 valence electrons. The standard InChI is InChI=1S/C30H35N5O6S/c1-18(35(17-36)27(39)24(20-8-6-5-7-9-20)33-29(40)41-30(2,3)4)25(37)34-28-32-23(16-42-28)19-10-12-21(13-11-19)26(38)31-22-14-15-22/h5-13,16,18,22,24,36H,14-15,17H2,1-4H3,(H,31,38)(H,33,40)(H,32,34,37). The van der Waals surface area contributed by atoms with Crippen molar-refractivity contribution in [3.05, 3.63) is 71.1 Å². The number of carbonyl (C=O) groups excluding carboxylic acids is 4. The Hall–Kier alpha value is -4.29. The van der Waals surface area contributed by atoms with Gasteiger partial charge in [0, 0.05) is 22.5 Å². The van der Waals surface area contributed by atoms with E-state index in [1.165, 1.54) is 18.3 Å².